The lowest BCUT2D eigenvalue weighted by Crippen LogP contribution is -2.32. The van der Waals surface area contributed by atoms with Gasteiger partial charge in [-0.2, -0.15) is 0 Å². The number of ether oxygens (including phenoxy) is 1. The van der Waals surface area contributed by atoms with E-state index in [4.69, 9.17) is 4.74 Å². The van der Waals surface area contributed by atoms with Crippen LogP contribution in [0.5, 0.6) is 0 Å². The SMILES string of the molecule is CCNC(c1ccc2ccccc2c1)C1CCC(C)O1. The first-order valence-corrected chi connectivity index (χ1v) is 7.65. The van der Waals surface area contributed by atoms with Crippen LogP contribution in [0.4, 0.5) is 0 Å². The molecule has 1 aliphatic heterocycles. The zero-order chi connectivity index (χ0) is 13.9. The number of benzene rings is 2. The number of likely N-dealkylation sites (N-methyl/N-ethyl adjacent to an activating group) is 1. The molecule has 2 nitrogen and oxygen atoms in total. The Morgan fingerprint density at radius 2 is 1.95 bits per heavy atom. The van der Waals surface area contributed by atoms with Crippen LogP contribution in [0, 0.1) is 0 Å². The number of rotatable bonds is 4. The fourth-order valence-corrected chi connectivity index (χ4v) is 3.16. The molecule has 1 N–H and O–H groups in total. The highest BCUT2D eigenvalue weighted by atomic mass is 16.5. The van der Waals surface area contributed by atoms with Gasteiger partial charge in [0.25, 0.3) is 0 Å². The third kappa shape index (κ3) is 2.72. The fraction of sp³-hybridized carbons (Fsp3) is 0.444. The lowest BCUT2D eigenvalue weighted by molar-refractivity contribution is 0.0320. The van der Waals surface area contributed by atoms with E-state index >= 15 is 0 Å². The summed E-state index contributed by atoms with van der Waals surface area (Å²) in [5, 5.41) is 6.20. The summed E-state index contributed by atoms with van der Waals surface area (Å²) in [5.41, 5.74) is 1.34. The summed E-state index contributed by atoms with van der Waals surface area (Å²) in [6.07, 6.45) is 3.00. The van der Waals surface area contributed by atoms with Crippen LogP contribution in [0.15, 0.2) is 42.5 Å². The third-order valence-corrected chi connectivity index (χ3v) is 4.19. The van der Waals surface area contributed by atoms with Gasteiger partial charge >= 0.3 is 0 Å². The van der Waals surface area contributed by atoms with Gasteiger partial charge in [-0.15, -0.1) is 0 Å². The molecule has 1 saturated heterocycles. The maximum atomic E-state index is 6.08. The molecule has 106 valence electrons. The van der Waals surface area contributed by atoms with Gasteiger partial charge in [0, 0.05) is 0 Å². The van der Waals surface area contributed by atoms with Gasteiger partial charge in [0.15, 0.2) is 0 Å². The molecule has 1 fully saturated rings. The first kappa shape index (κ1) is 13.6. The second-order valence-electron chi connectivity index (χ2n) is 5.70. The molecule has 3 unspecified atom stereocenters. The number of hydrogen-bond donors (Lipinski definition) is 1. The number of fused-ring (bicyclic) bond motifs is 1. The standard InChI is InChI=1S/C18H23NO/c1-3-19-18(17-11-8-13(2)20-17)16-10-9-14-6-4-5-7-15(14)12-16/h4-7,9-10,12-13,17-19H,3,8,11H2,1-2H3. The zero-order valence-corrected chi connectivity index (χ0v) is 12.3. The summed E-state index contributed by atoms with van der Waals surface area (Å²) in [5.74, 6) is 0. The molecular weight excluding hydrogens is 246 g/mol. The molecule has 0 spiro atoms. The summed E-state index contributed by atoms with van der Waals surface area (Å²) in [6.45, 7) is 5.29. The van der Waals surface area contributed by atoms with Crippen molar-refractivity contribution in [2.45, 2.75) is 44.9 Å². The summed E-state index contributed by atoms with van der Waals surface area (Å²) >= 11 is 0. The van der Waals surface area contributed by atoms with E-state index in [1.165, 1.54) is 22.8 Å². The molecule has 3 atom stereocenters. The van der Waals surface area contributed by atoms with Crippen molar-refractivity contribution in [1.29, 1.82) is 0 Å². The van der Waals surface area contributed by atoms with Crippen LogP contribution >= 0.6 is 0 Å². The maximum Gasteiger partial charge on any atom is 0.0774 e. The van der Waals surface area contributed by atoms with E-state index in [1.807, 2.05) is 0 Å². The van der Waals surface area contributed by atoms with Crippen LogP contribution in [-0.4, -0.2) is 18.8 Å². The lowest BCUT2D eigenvalue weighted by atomic mass is 9.96. The molecule has 3 rings (SSSR count). The van der Waals surface area contributed by atoms with Crippen molar-refractivity contribution >= 4 is 10.8 Å². The van der Waals surface area contributed by atoms with E-state index in [2.05, 4.69) is 61.6 Å². The van der Waals surface area contributed by atoms with E-state index in [0.717, 1.165) is 13.0 Å². The maximum absolute atomic E-state index is 6.08. The first-order valence-electron chi connectivity index (χ1n) is 7.65. The van der Waals surface area contributed by atoms with Gasteiger partial charge in [0.2, 0.25) is 0 Å². The van der Waals surface area contributed by atoms with Gasteiger partial charge in [-0.05, 0) is 48.7 Å². The molecule has 0 aromatic heterocycles. The van der Waals surface area contributed by atoms with Crippen LogP contribution < -0.4 is 5.32 Å². The van der Waals surface area contributed by atoms with E-state index < -0.39 is 0 Å². The van der Waals surface area contributed by atoms with E-state index in [9.17, 15) is 0 Å². The van der Waals surface area contributed by atoms with Crippen molar-refractivity contribution in [3.05, 3.63) is 48.0 Å². The van der Waals surface area contributed by atoms with Crippen molar-refractivity contribution < 1.29 is 4.74 Å². The zero-order valence-electron chi connectivity index (χ0n) is 12.3. The Balaban J connectivity index is 1.92. The molecule has 0 radical (unpaired) electrons. The van der Waals surface area contributed by atoms with Crippen LogP contribution in [0.25, 0.3) is 10.8 Å². The van der Waals surface area contributed by atoms with Gasteiger partial charge in [-0.3, -0.25) is 0 Å². The van der Waals surface area contributed by atoms with E-state index in [-0.39, 0.29) is 0 Å². The largest absolute Gasteiger partial charge is 0.373 e. The molecule has 0 aliphatic carbocycles. The van der Waals surface area contributed by atoms with Gasteiger partial charge in [0.1, 0.15) is 0 Å². The van der Waals surface area contributed by atoms with Crippen molar-refractivity contribution in [3.63, 3.8) is 0 Å². The van der Waals surface area contributed by atoms with Crippen LogP contribution in [0.1, 0.15) is 38.3 Å². The molecule has 20 heavy (non-hydrogen) atoms. The second kappa shape index (κ2) is 5.94. The van der Waals surface area contributed by atoms with Gasteiger partial charge in [-0.25, -0.2) is 0 Å². The van der Waals surface area contributed by atoms with Gasteiger partial charge < -0.3 is 10.1 Å². The number of hydrogen-bond acceptors (Lipinski definition) is 2. The van der Waals surface area contributed by atoms with Gasteiger partial charge in [-0.1, -0.05) is 43.3 Å². The van der Waals surface area contributed by atoms with E-state index in [0.29, 0.717) is 18.2 Å². The Morgan fingerprint density at radius 1 is 1.15 bits per heavy atom. The predicted octanol–water partition coefficient (Wildman–Crippen LogP) is 4.06. The van der Waals surface area contributed by atoms with Crippen LogP contribution in [0.2, 0.25) is 0 Å². The molecule has 1 aliphatic rings. The van der Waals surface area contributed by atoms with Crippen molar-refractivity contribution in [3.8, 4) is 0 Å². The van der Waals surface area contributed by atoms with Crippen molar-refractivity contribution in [1.82, 2.24) is 5.32 Å². The Labute approximate surface area is 121 Å². The van der Waals surface area contributed by atoms with Crippen molar-refractivity contribution in [2.75, 3.05) is 6.54 Å². The highest BCUT2D eigenvalue weighted by Gasteiger charge is 2.30. The molecule has 2 heteroatoms. The van der Waals surface area contributed by atoms with Crippen molar-refractivity contribution in [2.24, 2.45) is 0 Å². The Kier molecular flexibility index (Phi) is 4.04. The monoisotopic (exact) mass is 269 g/mol. The average molecular weight is 269 g/mol. The minimum absolute atomic E-state index is 0.297. The predicted molar refractivity (Wildman–Crippen MR) is 83.9 cm³/mol. The quantitative estimate of drug-likeness (QED) is 0.904. The second-order valence-corrected chi connectivity index (χ2v) is 5.70. The molecule has 0 bridgehead atoms. The minimum Gasteiger partial charge on any atom is -0.373 e. The lowest BCUT2D eigenvalue weighted by Gasteiger charge is -2.25. The molecule has 0 saturated carbocycles. The van der Waals surface area contributed by atoms with Gasteiger partial charge in [0.05, 0.1) is 18.2 Å². The minimum atomic E-state index is 0.297. The molecule has 1 heterocycles. The van der Waals surface area contributed by atoms with Crippen LogP contribution in [-0.2, 0) is 4.74 Å². The Bertz CT molecular complexity index is 580. The summed E-state index contributed by atoms with van der Waals surface area (Å²) in [4.78, 5) is 0. The smallest absolute Gasteiger partial charge is 0.0774 e. The van der Waals surface area contributed by atoms with Crippen LogP contribution in [0.3, 0.4) is 0 Å². The summed E-state index contributed by atoms with van der Waals surface area (Å²) in [7, 11) is 0. The molecule has 2 aromatic rings. The topological polar surface area (TPSA) is 21.3 Å². The summed E-state index contributed by atoms with van der Waals surface area (Å²) < 4.78 is 6.08. The Hall–Kier alpha value is -1.38. The Morgan fingerprint density at radius 3 is 2.65 bits per heavy atom. The first-order chi connectivity index (χ1) is 9.78. The van der Waals surface area contributed by atoms with E-state index in [1.54, 1.807) is 0 Å². The third-order valence-electron chi connectivity index (χ3n) is 4.19. The number of nitrogens with one attached hydrogen (secondary N) is 1. The fourth-order valence-electron chi connectivity index (χ4n) is 3.16. The highest BCUT2D eigenvalue weighted by Crippen LogP contribution is 2.31. The summed E-state index contributed by atoms with van der Waals surface area (Å²) in [6, 6.07) is 15.6. The normalized spacial score (nSPS) is 24.1. The molecular formula is C18H23NO. The highest BCUT2D eigenvalue weighted by molar-refractivity contribution is 5.83. The molecule has 0 amide bonds. The average Bonchev–Trinajstić information content (AvgIpc) is 2.90. The molecule has 2 aromatic carbocycles.